The molecule has 2 aliphatic rings. The summed E-state index contributed by atoms with van der Waals surface area (Å²) in [7, 11) is 0. The van der Waals surface area contributed by atoms with Crippen LogP contribution in [0, 0.1) is 0 Å². The molecular weight excluding hydrogens is 324 g/mol. The highest BCUT2D eigenvalue weighted by molar-refractivity contribution is 5.84. The summed E-state index contributed by atoms with van der Waals surface area (Å²) in [5.74, 6) is 0.819. The third-order valence-corrected chi connectivity index (χ3v) is 6.06. The summed E-state index contributed by atoms with van der Waals surface area (Å²) < 4.78 is 1.91. The Morgan fingerprint density at radius 1 is 1.08 bits per heavy atom. The van der Waals surface area contributed by atoms with E-state index in [2.05, 4.69) is 45.6 Å². The fourth-order valence-corrected chi connectivity index (χ4v) is 4.56. The predicted octanol–water partition coefficient (Wildman–Crippen LogP) is 2.76. The molecule has 0 aliphatic carbocycles. The molecule has 3 heterocycles. The van der Waals surface area contributed by atoms with E-state index >= 15 is 0 Å². The maximum Gasteiger partial charge on any atom is 0.250 e. The Bertz CT molecular complexity index is 707. The number of amides is 1. The fourth-order valence-electron chi connectivity index (χ4n) is 4.56. The molecule has 0 saturated carbocycles. The molecule has 1 aromatic heterocycles. The van der Waals surface area contributed by atoms with E-state index < -0.39 is 5.54 Å². The molecule has 0 radical (unpaired) electrons. The number of hydrogen-bond donors (Lipinski definition) is 1. The highest BCUT2D eigenvalue weighted by Gasteiger charge is 2.44. The van der Waals surface area contributed by atoms with Gasteiger partial charge < -0.3 is 10.2 Å². The van der Waals surface area contributed by atoms with Crippen molar-refractivity contribution in [3.05, 3.63) is 54.4 Å². The second-order valence-electron chi connectivity index (χ2n) is 7.56. The average Bonchev–Trinajstić information content (AvgIpc) is 3.14. The van der Waals surface area contributed by atoms with Crippen molar-refractivity contribution in [2.75, 3.05) is 26.2 Å². The van der Waals surface area contributed by atoms with Gasteiger partial charge in [-0.15, -0.1) is 0 Å². The van der Waals surface area contributed by atoms with Crippen LogP contribution in [0.3, 0.4) is 0 Å². The summed E-state index contributed by atoms with van der Waals surface area (Å²) in [6, 6.07) is 12.7. The monoisotopic (exact) mass is 352 g/mol. The van der Waals surface area contributed by atoms with Crippen LogP contribution in [-0.2, 0) is 10.3 Å². The smallest absolute Gasteiger partial charge is 0.250 e. The van der Waals surface area contributed by atoms with Crippen LogP contribution in [0.4, 0.5) is 0 Å². The van der Waals surface area contributed by atoms with Gasteiger partial charge in [-0.05, 0) is 62.7 Å². The number of piperidine rings is 1. The van der Waals surface area contributed by atoms with E-state index in [-0.39, 0.29) is 5.91 Å². The minimum atomic E-state index is -0.513. The first-order chi connectivity index (χ1) is 12.8. The zero-order valence-electron chi connectivity index (χ0n) is 15.3. The van der Waals surface area contributed by atoms with Gasteiger partial charge in [-0.25, -0.2) is 0 Å². The molecule has 2 aliphatic heterocycles. The minimum Gasteiger partial charge on any atom is -0.341 e. The van der Waals surface area contributed by atoms with Gasteiger partial charge >= 0.3 is 0 Å². The van der Waals surface area contributed by atoms with Crippen molar-refractivity contribution in [2.24, 2.45) is 0 Å². The molecule has 4 rings (SSSR count). The maximum absolute atomic E-state index is 13.6. The first kappa shape index (κ1) is 17.3. The molecule has 138 valence electrons. The van der Waals surface area contributed by atoms with Crippen LogP contribution in [0.2, 0.25) is 0 Å². The summed E-state index contributed by atoms with van der Waals surface area (Å²) in [6.07, 6.45) is 8.63. The SMILES string of the molecule is O=C(N1CCCC(c2ccccc2)CC1)C1(n2cccn2)CCNCC1. The molecule has 5 heteroatoms. The molecule has 1 aromatic carbocycles. The van der Waals surface area contributed by atoms with Crippen molar-refractivity contribution in [3.63, 3.8) is 0 Å². The standard InChI is InChI=1S/C21H28N4O/c26-20(21(10-13-22-14-11-21)25-16-5-12-23-25)24-15-4-8-19(9-17-24)18-6-2-1-3-7-18/h1-3,5-7,12,16,19,22H,4,8-11,13-15,17H2. The molecule has 0 spiro atoms. The first-order valence-electron chi connectivity index (χ1n) is 9.85. The molecule has 1 amide bonds. The Morgan fingerprint density at radius 3 is 2.62 bits per heavy atom. The lowest BCUT2D eigenvalue weighted by atomic mass is 9.86. The van der Waals surface area contributed by atoms with Crippen LogP contribution in [-0.4, -0.2) is 46.8 Å². The predicted molar refractivity (Wildman–Crippen MR) is 102 cm³/mol. The van der Waals surface area contributed by atoms with E-state index in [1.807, 2.05) is 16.9 Å². The molecule has 26 heavy (non-hydrogen) atoms. The first-order valence-corrected chi connectivity index (χ1v) is 9.85. The third kappa shape index (κ3) is 3.28. The number of carbonyl (C=O) groups excluding carboxylic acids is 1. The van der Waals surface area contributed by atoms with Crippen LogP contribution in [0.15, 0.2) is 48.8 Å². The molecule has 1 atom stereocenters. The van der Waals surface area contributed by atoms with E-state index in [0.29, 0.717) is 5.92 Å². The van der Waals surface area contributed by atoms with E-state index in [9.17, 15) is 4.79 Å². The van der Waals surface area contributed by atoms with Crippen LogP contribution in [0.5, 0.6) is 0 Å². The van der Waals surface area contributed by atoms with Crippen molar-refractivity contribution in [2.45, 2.75) is 43.6 Å². The van der Waals surface area contributed by atoms with Crippen LogP contribution < -0.4 is 5.32 Å². The fraction of sp³-hybridized carbons (Fsp3) is 0.524. The number of nitrogens with zero attached hydrogens (tertiary/aromatic N) is 3. The molecule has 1 N–H and O–H groups in total. The summed E-state index contributed by atoms with van der Waals surface area (Å²) in [5, 5.41) is 7.84. The lowest BCUT2D eigenvalue weighted by molar-refractivity contribution is -0.143. The Kier molecular flexibility index (Phi) is 5.07. The second kappa shape index (κ2) is 7.62. The summed E-state index contributed by atoms with van der Waals surface area (Å²) in [4.78, 5) is 15.7. The van der Waals surface area contributed by atoms with E-state index in [1.54, 1.807) is 6.20 Å². The molecule has 2 saturated heterocycles. The molecule has 2 aromatic rings. The molecular formula is C21H28N4O. The van der Waals surface area contributed by atoms with E-state index in [4.69, 9.17) is 0 Å². The highest BCUT2D eigenvalue weighted by Crippen LogP contribution is 2.33. The number of likely N-dealkylation sites (tertiary alicyclic amines) is 1. The summed E-state index contributed by atoms with van der Waals surface area (Å²) in [6.45, 7) is 3.44. The van der Waals surface area contributed by atoms with Gasteiger partial charge in [0.2, 0.25) is 0 Å². The van der Waals surface area contributed by atoms with Gasteiger partial charge in [0, 0.05) is 25.5 Å². The Labute approximate surface area is 155 Å². The summed E-state index contributed by atoms with van der Waals surface area (Å²) in [5.41, 5.74) is 0.895. The Morgan fingerprint density at radius 2 is 1.88 bits per heavy atom. The average molecular weight is 352 g/mol. The van der Waals surface area contributed by atoms with Gasteiger partial charge in [0.25, 0.3) is 5.91 Å². The second-order valence-corrected chi connectivity index (χ2v) is 7.56. The molecule has 5 nitrogen and oxygen atoms in total. The van der Waals surface area contributed by atoms with Gasteiger partial charge in [0.05, 0.1) is 0 Å². The largest absolute Gasteiger partial charge is 0.341 e. The quantitative estimate of drug-likeness (QED) is 0.924. The van der Waals surface area contributed by atoms with Gasteiger partial charge in [-0.3, -0.25) is 9.48 Å². The topological polar surface area (TPSA) is 50.2 Å². The van der Waals surface area contributed by atoms with Crippen molar-refractivity contribution in [3.8, 4) is 0 Å². The number of hydrogen-bond acceptors (Lipinski definition) is 3. The van der Waals surface area contributed by atoms with Crippen molar-refractivity contribution in [1.29, 1.82) is 0 Å². The van der Waals surface area contributed by atoms with Crippen LogP contribution >= 0.6 is 0 Å². The maximum atomic E-state index is 13.6. The molecule has 1 unspecified atom stereocenters. The Balaban J connectivity index is 1.52. The highest BCUT2D eigenvalue weighted by atomic mass is 16.2. The number of carbonyl (C=O) groups is 1. The van der Waals surface area contributed by atoms with Crippen molar-refractivity contribution in [1.82, 2.24) is 20.0 Å². The zero-order valence-corrected chi connectivity index (χ0v) is 15.3. The lowest BCUT2D eigenvalue weighted by Gasteiger charge is -2.40. The molecule has 0 bridgehead atoms. The van der Waals surface area contributed by atoms with E-state index in [1.165, 1.54) is 5.56 Å². The molecule has 2 fully saturated rings. The minimum absolute atomic E-state index is 0.261. The number of nitrogens with one attached hydrogen (secondary N) is 1. The van der Waals surface area contributed by atoms with Gasteiger partial charge in [-0.1, -0.05) is 30.3 Å². The van der Waals surface area contributed by atoms with Gasteiger partial charge in [0.1, 0.15) is 5.54 Å². The third-order valence-electron chi connectivity index (χ3n) is 6.06. The van der Waals surface area contributed by atoms with Crippen molar-refractivity contribution >= 4 is 5.91 Å². The van der Waals surface area contributed by atoms with Gasteiger partial charge in [-0.2, -0.15) is 5.10 Å². The Hall–Kier alpha value is -2.14. The lowest BCUT2D eigenvalue weighted by Crippen LogP contribution is -2.56. The van der Waals surface area contributed by atoms with Crippen LogP contribution in [0.1, 0.15) is 43.6 Å². The van der Waals surface area contributed by atoms with Crippen molar-refractivity contribution < 1.29 is 4.79 Å². The number of benzene rings is 1. The number of aromatic nitrogens is 2. The van der Waals surface area contributed by atoms with Crippen LogP contribution in [0.25, 0.3) is 0 Å². The number of rotatable bonds is 3. The zero-order chi connectivity index (χ0) is 17.8. The summed E-state index contributed by atoms with van der Waals surface area (Å²) >= 11 is 0. The van der Waals surface area contributed by atoms with Gasteiger partial charge in [0.15, 0.2) is 0 Å². The normalized spacial score (nSPS) is 23.4. The van der Waals surface area contributed by atoms with E-state index in [0.717, 1.165) is 58.3 Å².